The third-order valence-corrected chi connectivity index (χ3v) is 4.65. The highest BCUT2D eigenvalue weighted by molar-refractivity contribution is 5.92. The van der Waals surface area contributed by atoms with Crippen molar-refractivity contribution in [3.05, 3.63) is 54.1 Å². The highest BCUT2D eigenvalue weighted by Gasteiger charge is 2.30. The predicted octanol–water partition coefficient (Wildman–Crippen LogP) is 3.47. The van der Waals surface area contributed by atoms with Crippen molar-refractivity contribution in [1.82, 2.24) is 4.90 Å². The number of hydrogen-bond donors (Lipinski definition) is 1. The largest absolute Gasteiger partial charge is 0.497 e. The van der Waals surface area contributed by atoms with Crippen LogP contribution in [-0.4, -0.2) is 50.6 Å². The second-order valence-corrected chi connectivity index (χ2v) is 6.59. The van der Waals surface area contributed by atoms with Crippen LogP contribution >= 0.6 is 0 Å². The monoisotopic (exact) mass is 393 g/mol. The summed E-state index contributed by atoms with van der Waals surface area (Å²) in [5, 5.41) is 2.65. The van der Waals surface area contributed by atoms with E-state index in [0.717, 1.165) is 49.7 Å². The lowest BCUT2D eigenvalue weighted by atomic mass is 10.2. The first-order valence-electron chi connectivity index (χ1n) is 8.93. The van der Waals surface area contributed by atoms with Crippen LogP contribution in [0.3, 0.4) is 0 Å². The summed E-state index contributed by atoms with van der Waals surface area (Å²) in [5.74, 6) is 0.561. The summed E-state index contributed by atoms with van der Waals surface area (Å²) in [5.41, 5.74) is 0.695. The Kier molecular flexibility index (Phi) is 6.08. The number of nitrogens with zero attached hydrogens (tertiary/aromatic N) is 2. The number of hydrogen-bond acceptors (Lipinski definition) is 4. The fraction of sp³-hybridized carbons (Fsp3) is 0.350. The predicted molar refractivity (Wildman–Crippen MR) is 102 cm³/mol. The van der Waals surface area contributed by atoms with Gasteiger partial charge < -0.3 is 15.0 Å². The van der Waals surface area contributed by atoms with Crippen molar-refractivity contribution in [2.24, 2.45) is 0 Å². The quantitative estimate of drug-likeness (QED) is 0.845. The zero-order valence-corrected chi connectivity index (χ0v) is 15.5. The maximum atomic E-state index is 12.6. The van der Waals surface area contributed by atoms with Crippen LogP contribution in [0.4, 0.5) is 24.5 Å². The molecule has 0 atom stereocenters. The molecule has 1 fully saturated rings. The molecule has 1 N–H and O–H groups in total. The molecule has 0 saturated carbocycles. The van der Waals surface area contributed by atoms with Gasteiger partial charge >= 0.3 is 6.18 Å². The van der Waals surface area contributed by atoms with Crippen molar-refractivity contribution in [1.29, 1.82) is 0 Å². The second kappa shape index (κ2) is 8.52. The molecule has 3 rings (SSSR count). The minimum Gasteiger partial charge on any atom is -0.497 e. The van der Waals surface area contributed by atoms with Gasteiger partial charge in [-0.3, -0.25) is 9.69 Å². The van der Waals surface area contributed by atoms with E-state index in [-0.39, 0.29) is 12.5 Å². The summed E-state index contributed by atoms with van der Waals surface area (Å²) < 4.78 is 43.0. The number of ether oxygens (including phenoxy) is 1. The maximum absolute atomic E-state index is 12.6. The summed E-state index contributed by atoms with van der Waals surface area (Å²) in [6.07, 6.45) is -4.38. The zero-order valence-electron chi connectivity index (χ0n) is 15.5. The van der Waals surface area contributed by atoms with Crippen LogP contribution < -0.4 is 15.0 Å². The number of alkyl halides is 3. The minimum absolute atomic E-state index is 0.201. The molecule has 0 aliphatic carbocycles. The lowest BCUT2D eigenvalue weighted by molar-refractivity contribution is -0.137. The van der Waals surface area contributed by atoms with Crippen LogP contribution in [-0.2, 0) is 11.0 Å². The van der Waals surface area contributed by atoms with Gasteiger partial charge in [0.1, 0.15) is 5.75 Å². The van der Waals surface area contributed by atoms with Crippen molar-refractivity contribution in [2.75, 3.05) is 50.1 Å². The molecule has 0 unspecified atom stereocenters. The van der Waals surface area contributed by atoms with Crippen LogP contribution in [0.15, 0.2) is 48.5 Å². The van der Waals surface area contributed by atoms with E-state index in [1.54, 1.807) is 7.11 Å². The Morgan fingerprint density at radius 3 is 2.36 bits per heavy atom. The molecule has 5 nitrogen and oxygen atoms in total. The molecule has 0 radical (unpaired) electrons. The molecule has 2 aromatic carbocycles. The molecule has 0 aromatic heterocycles. The van der Waals surface area contributed by atoms with Crippen LogP contribution in [0.2, 0.25) is 0 Å². The lowest BCUT2D eigenvalue weighted by Crippen LogP contribution is -2.48. The summed E-state index contributed by atoms with van der Waals surface area (Å²) in [6.45, 7) is 3.20. The molecule has 0 bridgehead atoms. The summed E-state index contributed by atoms with van der Waals surface area (Å²) >= 11 is 0. The summed E-state index contributed by atoms with van der Waals surface area (Å²) in [6, 6.07) is 12.3. The average Bonchev–Trinajstić information content (AvgIpc) is 2.68. The zero-order chi connectivity index (χ0) is 20.1. The van der Waals surface area contributed by atoms with Gasteiger partial charge in [-0.15, -0.1) is 0 Å². The number of carbonyl (C=O) groups excluding carboxylic acids is 1. The van der Waals surface area contributed by atoms with Crippen molar-refractivity contribution >= 4 is 17.3 Å². The lowest BCUT2D eigenvalue weighted by Gasteiger charge is -2.35. The molecule has 1 saturated heterocycles. The number of amides is 1. The molecule has 1 heterocycles. The van der Waals surface area contributed by atoms with Crippen LogP contribution in [0.1, 0.15) is 5.56 Å². The number of methoxy groups -OCH3 is 1. The molecule has 0 spiro atoms. The Morgan fingerprint density at radius 2 is 1.75 bits per heavy atom. The molecule has 28 heavy (non-hydrogen) atoms. The van der Waals surface area contributed by atoms with Gasteiger partial charge in [-0.05, 0) is 36.4 Å². The first-order valence-corrected chi connectivity index (χ1v) is 8.93. The van der Waals surface area contributed by atoms with Crippen molar-refractivity contribution < 1.29 is 22.7 Å². The molecule has 2 aromatic rings. The average molecular weight is 393 g/mol. The van der Waals surface area contributed by atoms with Gasteiger partial charge in [-0.1, -0.05) is 6.07 Å². The minimum atomic E-state index is -4.38. The first-order chi connectivity index (χ1) is 13.3. The van der Waals surface area contributed by atoms with Gasteiger partial charge in [-0.2, -0.15) is 13.2 Å². The molecule has 1 aliphatic rings. The van der Waals surface area contributed by atoms with E-state index >= 15 is 0 Å². The summed E-state index contributed by atoms with van der Waals surface area (Å²) in [4.78, 5) is 16.4. The fourth-order valence-electron chi connectivity index (χ4n) is 3.12. The van der Waals surface area contributed by atoms with Gasteiger partial charge in [-0.25, -0.2) is 0 Å². The molecular weight excluding hydrogens is 371 g/mol. The molecular formula is C20H22F3N3O2. The van der Waals surface area contributed by atoms with E-state index in [0.29, 0.717) is 5.69 Å². The molecule has 1 amide bonds. The smallest absolute Gasteiger partial charge is 0.416 e. The Labute approximate surface area is 161 Å². The van der Waals surface area contributed by atoms with Gasteiger partial charge in [0.25, 0.3) is 0 Å². The molecule has 8 heteroatoms. The number of carbonyl (C=O) groups is 1. The van der Waals surface area contributed by atoms with Crippen molar-refractivity contribution in [2.45, 2.75) is 6.18 Å². The van der Waals surface area contributed by atoms with Crippen LogP contribution in [0.25, 0.3) is 0 Å². The number of benzene rings is 2. The Balaban J connectivity index is 1.48. The SMILES string of the molecule is COc1cccc(N2CCN(CC(=O)Nc3ccc(C(F)(F)F)cc3)CC2)c1. The van der Waals surface area contributed by atoms with E-state index in [1.807, 2.05) is 29.2 Å². The normalized spacial score (nSPS) is 15.4. The van der Waals surface area contributed by atoms with E-state index < -0.39 is 11.7 Å². The Bertz CT molecular complexity index is 801. The summed E-state index contributed by atoms with van der Waals surface area (Å²) in [7, 11) is 1.63. The van der Waals surface area contributed by atoms with Crippen molar-refractivity contribution in [3.8, 4) is 5.75 Å². The standard InChI is InChI=1S/C20H22F3N3O2/c1-28-18-4-2-3-17(13-18)26-11-9-25(10-12-26)14-19(27)24-16-7-5-15(6-8-16)20(21,22)23/h2-8,13H,9-12,14H2,1H3,(H,24,27). The number of nitrogens with one attached hydrogen (secondary N) is 1. The highest BCUT2D eigenvalue weighted by Crippen LogP contribution is 2.29. The molecule has 1 aliphatic heterocycles. The Hall–Kier alpha value is -2.74. The topological polar surface area (TPSA) is 44.8 Å². The van der Waals surface area contributed by atoms with E-state index in [1.165, 1.54) is 12.1 Å². The third kappa shape index (κ3) is 5.16. The second-order valence-electron chi connectivity index (χ2n) is 6.59. The van der Waals surface area contributed by atoms with Gasteiger partial charge in [0, 0.05) is 43.6 Å². The number of halogens is 3. The van der Waals surface area contributed by atoms with Gasteiger partial charge in [0.05, 0.1) is 19.2 Å². The number of piperazine rings is 1. The maximum Gasteiger partial charge on any atom is 0.416 e. The third-order valence-electron chi connectivity index (χ3n) is 4.65. The Morgan fingerprint density at radius 1 is 1.07 bits per heavy atom. The van der Waals surface area contributed by atoms with Crippen LogP contribution in [0, 0.1) is 0 Å². The van der Waals surface area contributed by atoms with E-state index in [2.05, 4.69) is 10.2 Å². The van der Waals surface area contributed by atoms with Gasteiger partial charge in [0.2, 0.25) is 5.91 Å². The highest BCUT2D eigenvalue weighted by atomic mass is 19.4. The first kappa shape index (κ1) is 20.0. The van der Waals surface area contributed by atoms with Crippen molar-refractivity contribution in [3.63, 3.8) is 0 Å². The van der Waals surface area contributed by atoms with Gasteiger partial charge in [0.15, 0.2) is 0 Å². The van der Waals surface area contributed by atoms with E-state index in [4.69, 9.17) is 4.74 Å². The number of rotatable bonds is 5. The molecule has 150 valence electrons. The van der Waals surface area contributed by atoms with Crippen LogP contribution in [0.5, 0.6) is 5.75 Å². The van der Waals surface area contributed by atoms with E-state index in [9.17, 15) is 18.0 Å². The number of anilines is 2. The fourth-order valence-corrected chi connectivity index (χ4v) is 3.12.